The normalized spacial score (nSPS) is 10.4. The van der Waals surface area contributed by atoms with Gasteiger partial charge in [-0.3, -0.25) is 0 Å². The summed E-state index contributed by atoms with van der Waals surface area (Å²) in [5.74, 6) is 1.92. The summed E-state index contributed by atoms with van der Waals surface area (Å²) in [6, 6.07) is 1.74. The molecule has 0 saturated heterocycles. The molecule has 6 nitrogen and oxygen atoms in total. The number of aryl methyl sites for hydroxylation is 1. The van der Waals surface area contributed by atoms with E-state index >= 15 is 0 Å². The summed E-state index contributed by atoms with van der Waals surface area (Å²) < 4.78 is 4.85. The second-order valence-electron chi connectivity index (χ2n) is 3.12. The molecule has 0 unspecified atom stereocenters. The van der Waals surface area contributed by atoms with Gasteiger partial charge in [0.1, 0.15) is 5.82 Å². The number of anilines is 1. The zero-order valence-electron chi connectivity index (χ0n) is 8.64. The van der Waals surface area contributed by atoms with Crippen molar-refractivity contribution >= 4 is 17.4 Å². The molecule has 2 aromatic rings. The zero-order valence-corrected chi connectivity index (χ0v) is 9.40. The van der Waals surface area contributed by atoms with Crippen molar-refractivity contribution in [1.82, 2.24) is 20.1 Å². The van der Waals surface area contributed by atoms with Gasteiger partial charge in [-0.05, 0) is 17.7 Å². The molecule has 0 radical (unpaired) electrons. The van der Waals surface area contributed by atoms with Crippen LogP contribution in [0.5, 0.6) is 0 Å². The Hall–Kier alpha value is -1.69. The van der Waals surface area contributed by atoms with Crippen molar-refractivity contribution in [3.8, 4) is 0 Å². The second-order valence-corrected chi connectivity index (χ2v) is 3.46. The van der Waals surface area contributed by atoms with Gasteiger partial charge in [0.25, 0.3) is 0 Å². The van der Waals surface area contributed by atoms with Crippen molar-refractivity contribution in [2.75, 3.05) is 11.9 Å². The first-order valence-corrected chi connectivity index (χ1v) is 5.13. The third kappa shape index (κ3) is 2.90. The number of halogens is 1. The average Bonchev–Trinajstić information content (AvgIpc) is 2.64. The average molecular weight is 240 g/mol. The molecule has 0 amide bonds. The molecule has 0 aliphatic rings. The monoisotopic (exact) mass is 239 g/mol. The fourth-order valence-electron chi connectivity index (χ4n) is 1.18. The van der Waals surface area contributed by atoms with E-state index in [0.717, 1.165) is 0 Å². The maximum atomic E-state index is 5.64. The number of hydrogen-bond donors (Lipinski definition) is 1. The molecule has 1 N–H and O–H groups in total. The van der Waals surface area contributed by atoms with E-state index in [9.17, 15) is 0 Å². The van der Waals surface area contributed by atoms with Gasteiger partial charge in [0.2, 0.25) is 11.2 Å². The van der Waals surface area contributed by atoms with Gasteiger partial charge in [-0.2, -0.15) is 4.98 Å². The lowest BCUT2D eigenvalue weighted by Crippen LogP contribution is -2.07. The fraction of sp³-hybridized carbons (Fsp3) is 0.333. The Kier molecular flexibility index (Phi) is 3.31. The van der Waals surface area contributed by atoms with Gasteiger partial charge < -0.3 is 9.84 Å². The van der Waals surface area contributed by atoms with Crippen LogP contribution in [0, 0.1) is 6.92 Å². The van der Waals surface area contributed by atoms with Gasteiger partial charge in [0.05, 0.1) is 0 Å². The van der Waals surface area contributed by atoms with Crippen LogP contribution in [-0.2, 0) is 6.42 Å². The summed E-state index contributed by atoms with van der Waals surface area (Å²) in [7, 11) is 0. The summed E-state index contributed by atoms with van der Waals surface area (Å²) >= 11 is 5.64. The van der Waals surface area contributed by atoms with Gasteiger partial charge in [0.15, 0.2) is 5.82 Å². The van der Waals surface area contributed by atoms with Crippen LogP contribution in [0.25, 0.3) is 0 Å². The summed E-state index contributed by atoms with van der Waals surface area (Å²) in [5, 5.41) is 7.09. The Bertz CT molecular complexity index is 472. The largest absolute Gasteiger partial charge is 0.369 e. The van der Waals surface area contributed by atoms with Gasteiger partial charge in [-0.15, -0.1) is 0 Å². The Morgan fingerprint density at radius 2 is 2.31 bits per heavy atom. The molecule has 84 valence electrons. The van der Waals surface area contributed by atoms with Crippen molar-refractivity contribution in [3.05, 3.63) is 29.3 Å². The molecule has 0 bridgehead atoms. The molecule has 0 aliphatic carbocycles. The predicted octanol–water partition coefficient (Wildman–Crippen LogP) is 1.48. The maximum absolute atomic E-state index is 5.64. The number of nitrogens with zero attached hydrogens (tertiary/aromatic N) is 4. The van der Waals surface area contributed by atoms with Crippen molar-refractivity contribution in [3.63, 3.8) is 0 Å². The first kappa shape index (κ1) is 10.8. The van der Waals surface area contributed by atoms with E-state index in [1.807, 2.05) is 0 Å². The van der Waals surface area contributed by atoms with Crippen LogP contribution in [0.3, 0.4) is 0 Å². The maximum Gasteiger partial charge on any atom is 0.224 e. The minimum absolute atomic E-state index is 0.223. The Morgan fingerprint density at radius 1 is 1.44 bits per heavy atom. The fourth-order valence-corrected chi connectivity index (χ4v) is 1.33. The highest BCUT2D eigenvalue weighted by atomic mass is 35.5. The third-order valence-electron chi connectivity index (χ3n) is 1.85. The molecule has 0 aromatic carbocycles. The molecular weight excluding hydrogens is 230 g/mol. The molecule has 7 heteroatoms. The molecule has 2 heterocycles. The van der Waals surface area contributed by atoms with Gasteiger partial charge in [-0.25, -0.2) is 9.97 Å². The lowest BCUT2D eigenvalue weighted by atomic mass is 10.4. The highest BCUT2D eigenvalue weighted by Gasteiger charge is 2.02. The Morgan fingerprint density at radius 3 is 3.00 bits per heavy atom. The van der Waals surface area contributed by atoms with E-state index in [4.69, 9.17) is 16.1 Å². The van der Waals surface area contributed by atoms with Crippen LogP contribution in [0.4, 0.5) is 5.82 Å². The van der Waals surface area contributed by atoms with Crippen LogP contribution >= 0.6 is 11.6 Å². The zero-order chi connectivity index (χ0) is 11.4. The van der Waals surface area contributed by atoms with E-state index in [1.54, 1.807) is 19.2 Å². The summed E-state index contributed by atoms with van der Waals surface area (Å²) in [6.07, 6.45) is 2.26. The topological polar surface area (TPSA) is 76.7 Å². The highest BCUT2D eigenvalue weighted by Crippen LogP contribution is 2.05. The molecule has 0 spiro atoms. The summed E-state index contributed by atoms with van der Waals surface area (Å²) in [5.41, 5.74) is 0. The number of aromatic nitrogens is 4. The number of nitrogens with one attached hydrogen (secondary N) is 1. The van der Waals surface area contributed by atoms with Crippen molar-refractivity contribution in [1.29, 1.82) is 0 Å². The highest BCUT2D eigenvalue weighted by molar-refractivity contribution is 6.28. The van der Waals surface area contributed by atoms with Gasteiger partial charge in [0, 0.05) is 26.1 Å². The molecule has 0 aliphatic heterocycles. The summed E-state index contributed by atoms with van der Waals surface area (Å²) in [6.45, 7) is 2.42. The molecule has 0 saturated carbocycles. The van der Waals surface area contributed by atoms with Crippen LogP contribution in [0.15, 0.2) is 16.8 Å². The van der Waals surface area contributed by atoms with Crippen molar-refractivity contribution in [2.45, 2.75) is 13.3 Å². The molecule has 2 aromatic heterocycles. The van der Waals surface area contributed by atoms with E-state index in [-0.39, 0.29) is 5.28 Å². The molecule has 0 fully saturated rings. The van der Waals surface area contributed by atoms with Gasteiger partial charge in [-0.1, -0.05) is 5.16 Å². The van der Waals surface area contributed by atoms with E-state index in [0.29, 0.717) is 30.5 Å². The van der Waals surface area contributed by atoms with Crippen LogP contribution in [-0.4, -0.2) is 26.7 Å². The Balaban J connectivity index is 1.84. The van der Waals surface area contributed by atoms with E-state index in [2.05, 4.69) is 25.4 Å². The van der Waals surface area contributed by atoms with Crippen molar-refractivity contribution in [2.24, 2.45) is 0 Å². The summed E-state index contributed by atoms with van der Waals surface area (Å²) in [4.78, 5) is 11.9. The molecule has 2 rings (SSSR count). The van der Waals surface area contributed by atoms with E-state index < -0.39 is 0 Å². The van der Waals surface area contributed by atoms with Crippen LogP contribution in [0.1, 0.15) is 11.7 Å². The number of rotatable bonds is 4. The molecule has 16 heavy (non-hydrogen) atoms. The van der Waals surface area contributed by atoms with E-state index in [1.165, 1.54) is 0 Å². The number of hydrogen-bond acceptors (Lipinski definition) is 6. The molecule has 0 atom stereocenters. The lowest BCUT2D eigenvalue weighted by molar-refractivity contribution is 0.387. The molecular formula is C9H10ClN5O. The first-order chi connectivity index (χ1) is 7.74. The van der Waals surface area contributed by atoms with Crippen molar-refractivity contribution < 1.29 is 4.52 Å². The quantitative estimate of drug-likeness (QED) is 0.815. The predicted molar refractivity (Wildman–Crippen MR) is 58.3 cm³/mol. The Labute approximate surface area is 97.1 Å². The standard InChI is InChI=1S/C9H10ClN5O/c1-6-13-8(15-16-6)3-4-11-7-2-5-12-9(10)14-7/h2,5H,3-4H2,1H3,(H,11,12,14). The first-order valence-electron chi connectivity index (χ1n) is 4.75. The minimum Gasteiger partial charge on any atom is -0.369 e. The lowest BCUT2D eigenvalue weighted by Gasteiger charge is -2.02. The third-order valence-corrected chi connectivity index (χ3v) is 2.03. The van der Waals surface area contributed by atoms with Gasteiger partial charge >= 0.3 is 0 Å². The smallest absolute Gasteiger partial charge is 0.224 e. The van der Waals surface area contributed by atoms with Crippen LogP contribution in [0.2, 0.25) is 5.28 Å². The minimum atomic E-state index is 0.223. The second kappa shape index (κ2) is 4.89. The SMILES string of the molecule is Cc1nc(CCNc2ccnc(Cl)n2)no1. The van der Waals surface area contributed by atoms with Crippen LogP contribution < -0.4 is 5.32 Å².